The number of nitrogens with one attached hydrogen (secondary N) is 2. The Morgan fingerprint density at radius 1 is 0.952 bits per heavy atom. The van der Waals surface area contributed by atoms with Gasteiger partial charge < -0.3 is 15.2 Å². The first-order chi connectivity index (χ1) is 20.0. The molecule has 1 atom stereocenters. The summed E-state index contributed by atoms with van der Waals surface area (Å²) >= 11 is 0.990. The Hall–Kier alpha value is -4.06. The number of halogens is 2. The van der Waals surface area contributed by atoms with Gasteiger partial charge in [-0.15, -0.1) is 0 Å². The molecular formula is C31H29F2N5O2S2. The van der Waals surface area contributed by atoms with Crippen molar-refractivity contribution in [3.63, 3.8) is 0 Å². The van der Waals surface area contributed by atoms with E-state index >= 15 is 0 Å². The lowest BCUT2D eigenvalue weighted by atomic mass is 10.0. The molecule has 42 heavy (non-hydrogen) atoms. The van der Waals surface area contributed by atoms with Crippen molar-refractivity contribution in [2.24, 2.45) is 0 Å². The van der Waals surface area contributed by atoms with Gasteiger partial charge in [0.05, 0.1) is 22.4 Å². The summed E-state index contributed by atoms with van der Waals surface area (Å²) in [4.78, 5) is 9.89. The van der Waals surface area contributed by atoms with E-state index in [1.807, 2.05) is 75.4 Å². The second-order valence-electron chi connectivity index (χ2n) is 10.5. The number of nitrogens with zero attached hydrogens (tertiary/aromatic N) is 2. The summed E-state index contributed by atoms with van der Waals surface area (Å²) in [5.41, 5.74) is 10.5. The Morgan fingerprint density at radius 2 is 1.76 bits per heavy atom. The zero-order valence-electron chi connectivity index (χ0n) is 23.4. The van der Waals surface area contributed by atoms with Crippen LogP contribution in [0.5, 0.6) is 5.88 Å². The molecule has 2 heterocycles. The zero-order valence-corrected chi connectivity index (χ0v) is 25.0. The average molecular weight is 606 g/mol. The third-order valence-corrected chi connectivity index (χ3v) is 8.50. The summed E-state index contributed by atoms with van der Waals surface area (Å²) in [7, 11) is 0.0991. The minimum absolute atomic E-state index is 0.229. The Labute approximate surface area is 249 Å². The maximum atomic E-state index is 14.2. The summed E-state index contributed by atoms with van der Waals surface area (Å²) in [5.74, 6) is -0.627. The third-order valence-electron chi connectivity index (χ3n) is 6.14. The van der Waals surface area contributed by atoms with Crippen molar-refractivity contribution in [2.45, 2.75) is 36.1 Å². The van der Waals surface area contributed by atoms with Crippen LogP contribution >= 0.6 is 11.9 Å². The molecule has 7 nitrogen and oxygen atoms in total. The van der Waals surface area contributed by atoms with E-state index < -0.39 is 22.6 Å². The molecule has 0 aliphatic carbocycles. The van der Waals surface area contributed by atoms with Gasteiger partial charge in [-0.25, -0.2) is 27.7 Å². The number of rotatable bonds is 8. The maximum absolute atomic E-state index is 14.2. The van der Waals surface area contributed by atoms with Gasteiger partial charge in [-0.3, -0.25) is 0 Å². The van der Waals surface area contributed by atoms with Gasteiger partial charge in [-0.2, -0.15) is 0 Å². The SMILES string of the molecule is COc1ncc(-c2ccc3nc(N)c(-c4cccc(S(=O)NC(C)(C)C)c4)cc3c2)cc1NSc1ccc(F)cc1F. The first kappa shape index (κ1) is 29.4. The van der Waals surface area contributed by atoms with Crippen molar-refractivity contribution in [1.82, 2.24) is 14.7 Å². The van der Waals surface area contributed by atoms with E-state index in [4.69, 9.17) is 10.5 Å². The van der Waals surface area contributed by atoms with Crippen molar-refractivity contribution in [1.29, 1.82) is 0 Å². The predicted molar refractivity (Wildman–Crippen MR) is 167 cm³/mol. The maximum Gasteiger partial charge on any atom is 0.237 e. The largest absolute Gasteiger partial charge is 0.480 e. The van der Waals surface area contributed by atoms with Crippen LogP contribution in [0.4, 0.5) is 20.3 Å². The van der Waals surface area contributed by atoms with E-state index in [2.05, 4.69) is 19.4 Å². The first-order valence-electron chi connectivity index (χ1n) is 12.9. The van der Waals surface area contributed by atoms with Crippen molar-refractivity contribution >= 4 is 45.3 Å². The van der Waals surface area contributed by atoms with Crippen LogP contribution in [0.3, 0.4) is 0 Å². The Balaban J connectivity index is 1.47. The molecule has 0 radical (unpaired) electrons. The lowest BCUT2D eigenvalue weighted by Gasteiger charge is -2.19. The fourth-order valence-electron chi connectivity index (χ4n) is 4.23. The molecule has 3 aromatic carbocycles. The van der Waals surface area contributed by atoms with Crippen molar-refractivity contribution in [3.05, 3.63) is 90.6 Å². The molecule has 0 amide bonds. The molecule has 216 valence electrons. The van der Waals surface area contributed by atoms with Gasteiger partial charge in [0.25, 0.3) is 0 Å². The van der Waals surface area contributed by atoms with Crippen LogP contribution in [0.1, 0.15) is 20.8 Å². The van der Waals surface area contributed by atoms with Gasteiger partial charge in [0, 0.05) is 34.3 Å². The van der Waals surface area contributed by atoms with Crippen molar-refractivity contribution in [3.8, 4) is 28.1 Å². The number of nitrogen functional groups attached to an aromatic ring is 1. The summed E-state index contributed by atoms with van der Waals surface area (Å²) in [6, 6.07) is 20.4. The molecular weight excluding hydrogens is 577 g/mol. The molecule has 5 aromatic rings. The minimum Gasteiger partial charge on any atom is -0.480 e. The Bertz CT molecular complexity index is 1810. The number of benzene rings is 3. The highest BCUT2D eigenvalue weighted by molar-refractivity contribution is 8.00. The standard InChI is InChI=1S/C31H29F2N5O2S2/c1-31(2,3)38-42(39)23-7-5-6-19(13-23)24-14-20-12-18(8-10-26(20)36-29(24)34)21-15-27(30(40-4)35-17-21)37-41-28-11-9-22(32)16-25(28)33/h5-17,37-38H,1-4H3,(H2,34,36). The lowest BCUT2D eigenvalue weighted by molar-refractivity contribution is 0.400. The molecule has 11 heteroatoms. The van der Waals surface area contributed by atoms with E-state index in [1.165, 1.54) is 19.2 Å². The highest BCUT2D eigenvalue weighted by Gasteiger charge is 2.17. The predicted octanol–water partition coefficient (Wildman–Crippen LogP) is 7.36. The monoisotopic (exact) mass is 605 g/mol. The number of pyridine rings is 2. The molecule has 0 saturated carbocycles. The lowest BCUT2D eigenvalue weighted by Crippen LogP contribution is -2.37. The molecule has 0 bridgehead atoms. The van der Waals surface area contributed by atoms with E-state index in [1.54, 1.807) is 6.20 Å². The summed E-state index contributed by atoms with van der Waals surface area (Å²) in [6.07, 6.45) is 1.68. The Kier molecular flexibility index (Phi) is 8.44. The van der Waals surface area contributed by atoms with Gasteiger partial charge in [-0.05, 0) is 92.4 Å². The van der Waals surface area contributed by atoms with Crippen LogP contribution in [0.15, 0.2) is 88.8 Å². The highest BCUT2D eigenvalue weighted by atomic mass is 32.2. The van der Waals surface area contributed by atoms with Gasteiger partial charge >= 0.3 is 0 Å². The number of aromatic nitrogens is 2. The van der Waals surface area contributed by atoms with Crippen LogP contribution in [0.2, 0.25) is 0 Å². The third kappa shape index (κ3) is 6.70. The summed E-state index contributed by atoms with van der Waals surface area (Å²) in [6.45, 7) is 5.87. The molecule has 0 aliphatic rings. The fraction of sp³-hybridized carbons (Fsp3) is 0.161. The number of ether oxygens (including phenoxy) is 1. The second-order valence-corrected chi connectivity index (χ2v) is 12.6. The second kappa shape index (κ2) is 12.0. The van der Waals surface area contributed by atoms with Crippen LogP contribution in [0.25, 0.3) is 33.2 Å². The molecule has 4 N–H and O–H groups in total. The zero-order chi connectivity index (χ0) is 30.0. The van der Waals surface area contributed by atoms with Gasteiger partial charge in [0.2, 0.25) is 5.88 Å². The Morgan fingerprint density at radius 3 is 2.50 bits per heavy atom. The van der Waals surface area contributed by atoms with Crippen LogP contribution in [-0.2, 0) is 11.0 Å². The van der Waals surface area contributed by atoms with Crippen molar-refractivity contribution in [2.75, 3.05) is 17.6 Å². The quantitative estimate of drug-likeness (QED) is 0.159. The number of nitrogens with two attached hydrogens (primary N) is 1. The molecule has 5 rings (SSSR count). The van der Waals surface area contributed by atoms with E-state index in [0.717, 1.165) is 51.2 Å². The van der Waals surface area contributed by atoms with E-state index in [-0.39, 0.29) is 10.4 Å². The number of hydrogen-bond acceptors (Lipinski definition) is 7. The summed E-state index contributed by atoms with van der Waals surface area (Å²) in [5, 5.41) is 0.851. The van der Waals surface area contributed by atoms with Crippen LogP contribution < -0.4 is 19.9 Å². The summed E-state index contributed by atoms with van der Waals surface area (Å²) < 4.78 is 51.9. The minimum atomic E-state index is -1.39. The number of anilines is 2. The number of hydrogen-bond donors (Lipinski definition) is 3. The van der Waals surface area contributed by atoms with Crippen LogP contribution in [0, 0.1) is 11.6 Å². The topological polar surface area (TPSA) is 102 Å². The molecule has 0 spiro atoms. The molecule has 2 aromatic heterocycles. The molecule has 0 saturated heterocycles. The van der Waals surface area contributed by atoms with Gasteiger partial charge in [0.15, 0.2) is 0 Å². The van der Waals surface area contributed by atoms with Gasteiger partial charge in [-0.1, -0.05) is 18.2 Å². The van der Waals surface area contributed by atoms with E-state index in [9.17, 15) is 13.0 Å². The molecule has 0 fully saturated rings. The smallest absolute Gasteiger partial charge is 0.237 e. The molecule has 1 unspecified atom stereocenters. The van der Waals surface area contributed by atoms with Gasteiger partial charge in [0.1, 0.15) is 34.1 Å². The average Bonchev–Trinajstić information content (AvgIpc) is 2.95. The number of fused-ring (bicyclic) bond motifs is 1. The highest BCUT2D eigenvalue weighted by Crippen LogP contribution is 2.35. The van der Waals surface area contributed by atoms with E-state index in [0.29, 0.717) is 22.3 Å². The van der Waals surface area contributed by atoms with Crippen molar-refractivity contribution < 1.29 is 17.7 Å². The first-order valence-corrected chi connectivity index (χ1v) is 14.9. The number of methoxy groups -OCH3 is 1. The van der Waals surface area contributed by atoms with Crippen LogP contribution in [-0.4, -0.2) is 26.8 Å². The fourth-order valence-corrected chi connectivity index (χ4v) is 6.00. The normalized spacial score (nSPS) is 12.3. The molecule has 0 aliphatic heterocycles.